The fraction of sp³-hybridized carbons (Fsp3) is 0.200. The first-order chi connectivity index (χ1) is 17.0. The van der Waals surface area contributed by atoms with Crippen LogP contribution >= 0.6 is 27.5 Å². The van der Waals surface area contributed by atoms with Crippen LogP contribution in [-0.2, 0) is 13.2 Å². The zero-order valence-electron chi connectivity index (χ0n) is 18.8. The third kappa shape index (κ3) is 4.87. The number of fused-ring (bicyclic) bond motifs is 1. The zero-order valence-corrected chi connectivity index (χ0v) is 21.1. The van der Waals surface area contributed by atoms with Crippen LogP contribution in [0.4, 0.5) is 0 Å². The van der Waals surface area contributed by atoms with Crippen LogP contribution < -0.4 is 14.8 Å². The highest BCUT2D eigenvalue weighted by Crippen LogP contribution is 2.40. The molecule has 0 unspecified atom stereocenters. The van der Waals surface area contributed by atoms with Crippen molar-refractivity contribution < 1.29 is 14.3 Å². The van der Waals surface area contributed by atoms with Gasteiger partial charge < -0.3 is 14.8 Å². The number of carbonyl (C=O) groups is 1. The smallest absolute Gasteiger partial charge is 0.269 e. The number of amides is 1. The standard InChI is InChI=1S/C25H21BrClN5O3/c1-2-34-22-12-16(11-17(26)23(22)35-14-15-5-3-4-6-18(15)27)24-28-8-7-19(30-24)20-13-21-25(33)29-9-10-32(21)31-20/h3-8,11-13H,2,9-10,14H2,1H3,(H,29,33). The molecule has 1 amide bonds. The quantitative estimate of drug-likeness (QED) is 0.340. The summed E-state index contributed by atoms with van der Waals surface area (Å²) in [5, 5.41) is 8.01. The Morgan fingerprint density at radius 3 is 2.80 bits per heavy atom. The molecule has 0 fully saturated rings. The average Bonchev–Trinajstić information content (AvgIpc) is 3.31. The van der Waals surface area contributed by atoms with Crippen LogP contribution in [0.3, 0.4) is 0 Å². The summed E-state index contributed by atoms with van der Waals surface area (Å²) in [4.78, 5) is 21.3. The maximum Gasteiger partial charge on any atom is 0.269 e. The highest BCUT2D eigenvalue weighted by molar-refractivity contribution is 9.10. The van der Waals surface area contributed by atoms with Crippen LogP contribution in [0, 0.1) is 0 Å². The Morgan fingerprint density at radius 1 is 1.14 bits per heavy atom. The van der Waals surface area contributed by atoms with Gasteiger partial charge in [-0.05, 0) is 53.2 Å². The van der Waals surface area contributed by atoms with Gasteiger partial charge in [-0.3, -0.25) is 9.48 Å². The fourth-order valence-corrected chi connectivity index (χ4v) is 4.51. The Kier molecular flexibility index (Phi) is 6.70. The molecule has 178 valence electrons. The van der Waals surface area contributed by atoms with Gasteiger partial charge in [0.1, 0.15) is 18.0 Å². The first-order valence-corrected chi connectivity index (χ1v) is 12.2. The number of aromatic nitrogens is 4. The Morgan fingerprint density at radius 2 is 2.00 bits per heavy atom. The molecule has 0 bridgehead atoms. The molecule has 4 aromatic rings. The van der Waals surface area contributed by atoms with E-state index < -0.39 is 0 Å². The van der Waals surface area contributed by atoms with Crippen molar-refractivity contribution in [2.75, 3.05) is 13.2 Å². The minimum atomic E-state index is -0.137. The summed E-state index contributed by atoms with van der Waals surface area (Å²) < 4.78 is 14.4. The van der Waals surface area contributed by atoms with Crippen LogP contribution in [0.25, 0.3) is 22.8 Å². The summed E-state index contributed by atoms with van der Waals surface area (Å²) in [6.07, 6.45) is 1.67. The van der Waals surface area contributed by atoms with Gasteiger partial charge in [0.15, 0.2) is 17.3 Å². The van der Waals surface area contributed by atoms with Gasteiger partial charge in [0.05, 0.1) is 23.3 Å². The van der Waals surface area contributed by atoms with E-state index in [1.54, 1.807) is 23.0 Å². The molecule has 5 rings (SSSR count). The number of hydrogen-bond acceptors (Lipinski definition) is 6. The molecule has 2 aromatic heterocycles. The van der Waals surface area contributed by atoms with Crippen molar-refractivity contribution in [3.63, 3.8) is 0 Å². The van der Waals surface area contributed by atoms with E-state index >= 15 is 0 Å². The van der Waals surface area contributed by atoms with Crippen LogP contribution in [0.5, 0.6) is 11.5 Å². The molecule has 3 heterocycles. The monoisotopic (exact) mass is 553 g/mol. The van der Waals surface area contributed by atoms with E-state index in [0.717, 1.165) is 11.1 Å². The van der Waals surface area contributed by atoms with E-state index in [1.165, 1.54) is 0 Å². The molecule has 0 radical (unpaired) electrons. The number of carbonyl (C=O) groups excluding carboxylic acids is 1. The number of nitrogens with zero attached hydrogens (tertiary/aromatic N) is 4. The SMILES string of the molecule is CCOc1cc(-c2nccc(-c3cc4n(n3)CCNC4=O)n2)cc(Br)c1OCc1ccccc1Cl. The third-order valence-corrected chi connectivity index (χ3v) is 6.39. The molecular weight excluding hydrogens is 534 g/mol. The second kappa shape index (κ2) is 10.1. The molecule has 35 heavy (non-hydrogen) atoms. The highest BCUT2D eigenvalue weighted by Gasteiger charge is 2.21. The number of ether oxygens (including phenoxy) is 2. The van der Waals surface area contributed by atoms with Crippen LogP contribution in [0.1, 0.15) is 23.0 Å². The van der Waals surface area contributed by atoms with Gasteiger partial charge in [0.25, 0.3) is 5.91 Å². The van der Waals surface area contributed by atoms with Gasteiger partial charge in [-0.1, -0.05) is 29.8 Å². The Bertz CT molecular complexity index is 1410. The normalized spacial score (nSPS) is 12.7. The number of benzene rings is 2. The van der Waals surface area contributed by atoms with Crippen molar-refractivity contribution in [3.05, 3.63) is 75.5 Å². The number of nitrogens with one attached hydrogen (secondary N) is 1. The maximum absolute atomic E-state index is 12.1. The van der Waals surface area contributed by atoms with Crippen LogP contribution in [-0.4, -0.2) is 38.8 Å². The van der Waals surface area contributed by atoms with Gasteiger partial charge in [-0.2, -0.15) is 5.10 Å². The molecule has 1 aliphatic heterocycles. The summed E-state index contributed by atoms with van der Waals surface area (Å²) >= 11 is 9.89. The second-order valence-corrected chi connectivity index (χ2v) is 9.02. The summed E-state index contributed by atoms with van der Waals surface area (Å²) in [7, 11) is 0. The third-order valence-electron chi connectivity index (χ3n) is 5.44. The van der Waals surface area contributed by atoms with E-state index in [2.05, 4.69) is 31.3 Å². The molecular formula is C25H21BrClN5O3. The summed E-state index contributed by atoms with van der Waals surface area (Å²) in [5.74, 6) is 1.49. The van der Waals surface area contributed by atoms with E-state index in [1.807, 2.05) is 43.3 Å². The topological polar surface area (TPSA) is 91.2 Å². The van der Waals surface area contributed by atoms with Crippen LogP contribution in [0.2, 0.25) is 5.02 Å². The van der Waals surface area contributed by atoms with Crippen molar-refractivity contribution >= 4 is 33.4 Å². The Balaban J connectivity index is 1.46. The molecule has 1 N–H and O–H groups in total. The minimum absolute atomic E-state index is 0.137. The Labute approximate surface area is 215 Å². The fourth-order valence-electron chi connectivity index (χ4n) is 3.77. The van der Waals surface area contributed by atoms with Gasteiger partial charge in [0, 0.05) is 28.9 Å². The van der Waals surface area contributed by atoms with E-state index in [0.29, 0.717) is 70.2 Å². The lowest BCUT2D eigenvalue weighted by Gasteiger charge is -2.16. The number of rotatable bonds is 7. The summed E-state index contributed by atoms with van der Waals surface area (Å²) in [6.45, 7) is 3.84. The first kappa shape index (κ1) is 23.3. The van der Waals surface area contributed by atoms with E-state index in [4.69, 9.17) is 26.1 Å². The molecule has 0 spiro atoms. The molecule has 10 heteroatoms. The van der Waals surface area contributed by atoms with Gasteiger partial charge >= 0.3 is 0 Å². The molecule has 2 aromatic carbocycles. The van der Waals surface area contributed by atoms with Crippen LogP contribution in [0.15, 0.2) is 59.2 Å². The molecule has 0 atom stereocenters. The van der Waals surface area contributed by atoms with Crippen molar-refractivity contribution in [1.29, 1.82) is 0 Å². The molecule has 0 aliphatic carbocycles. The second-order valence-electron chi connectivity index (χ2n) is 7.76. The summed E-state index contributed by atoms with van der Waals surface area (Å²) in [5.41, 5.74) is 3.38. The first-order valence-electron chi connectivity index (χ1n) is 11.1. The molecule has 1 aliphatic rings. The van der Waals surface area contributed by atoms with Crippen molar-refractivity contribution in [1.82, 2.24) is 25.1 Å². The average molecular weight is 555 g/mol. The predicted molar refractivity (Wildman–Crippen MR) is 136 cm³/mol. The van der Waals surface area contributed by atoms with E-state index in [9.17, 15) is 4.79 Å². The predicted octanol–water partition coefficient (Wildman–Crippen LogP) is 5.14. The lowest BCUT2D eigenvalue weighted by atomic mass is 10.1. The molecule has 0 saturated heterocycles. The summed E-state index contributed by atoms with van der Waals surface area (Å²) in [6, 6.07) is 14.8. The number of halogens is 2. The van der Waals surface area contributed by atoms with Crippen molar-refractivity contribution in [2.45, 2.75) is 20.1 Å². The maximum atomic E-state index is 12.1. The lowest BCUT2D eigenvalue weighted by molar-refractivity contribution is 0.0924. The van der Waals surface area contributed by atoms with Crippen molar-refractivity contribution in [3.8, 4) is 34.3 Å². The minimum Gasteiger partial charge on any atom is -0.490 e. The zero-order chi connectivity index (χ0) is 24.4. The van der Waals surface area contributed by atoms with Crippen molar-refractivity contribution in [2.24, 2.45) is 0 Å². The molecule has 0 saturated carbocycles. The highest BCUT2D eigenvalue weighted by atomic mass is 79.9. The molecule has 8 nitrogen and oxygen atoms in total. The van der Waals surface area contributed by atoms with E-state index in [-0.39, 0.29) is 5.91 Å². The Hall–Kier alpha value is -3.43. The largest absolute Gasteiger partial charge is 0.490 e. The van der Waals surface area contributed by atoms with Gasteiger partial charge in [0.2, 0.25) is 0 Å². The van der Waals surface area contributed by atoms with Gasteiger partial charge in [-0.25, -0.2) is 9.97 Å². The lowest BCUT2D eigenvalue weighted by Crippen LogP contribution is -2.35. The number of hydrogen-bond donors (Lipinski definition) is 1. The van der Waals surface area contributed by atoms with Gasteiger partial charge in [-0.15, -0.1) is 0 Å².